The van der Waals surface area contributed by atoms with E-state index >= 15 is 0 Å². The number of hydrogen-bond acceptors (Lipinski definition) is 6. The zero-order valence-electron chi connectivity index (χ0n) is 14.2. The summed E-state index contributed by atoms with van der Waals surface area (Å²) in [4.78, 5) is 24.1. The molecule has 0 unspecified atom stereocenters. The molecule has 2 aromatic heterocycles. The van der Waals surface area contributed by atoms with Crippen LogP contribution in [0.5, 0.6) is 0 Å². The van der Waals surface area contributed by atoms with Crippen molar-refractivity contribution in [2.24, 2.45) is 0 Å². The molecule has 0 saturated heterocycles. The summed E-state index contributed by atoms with van der Waals surface area (Å²) in [5, 5.41) is 6.43. The number of benzene rings is 1. The standard InChI is InChI=1S/C19H18N2O5/c1-2-3-10-25-19(23)13-6-8-14(9-7-13)20-18(22)15-12-17(26-21-15)16-5-4-11-24-16/h4-9,11-12H,2-3,10H2,1H3,(H,20,22). The first-order chi connectivity index (χ1) is 12.7. The highest BCUT2D eigenvalue weighted by molar-refractivity contribution is 6.03. The van der Waals surface area contributed by atoms with Gasteiger partial charge in [-0.25, -0.2) is 4.79 Å². The number of nitrogens with one attached hydrogen (secondary N) is 1. The number of amides is 1. The minimum Gasteiger partial charge on any atom is -0.462 e. The molecule has 1 N–H and O–H groups in total. The fraction of sp³-hybridized carbons (Fsp3) is 0.211. The molecular weight excluding hydrogens is 336 g/mol. The van der Waals surface area contributed by atoms with Gasteiger partial charge in [0, 0.05) is 11.8 Å². The molecule has 0 radical (unpaired) electrons. The third-order valence-electron chi connectivity index (χ3n) is 3.62. The van der Waals surface area contributed by atoms with Crippen molar-refractivity contribution in [2.75, 3.05) is 11.9 Å². The maximum atomic E-state index is 12.2. The van der Waals surface area contributed by atoms with Crippen LogP contribution in [0.25, 0.3) is 11.5 Å². The lowest BCUT2D eigenvalue weighted by atomic mass is 10.2. The summed E-state index contributed by atoms with van der Waals surface area (Å²) in [6, 6.07) is 11.4. The van der Waals surface area contributed by atoms with Gasteiger partial charge in [0.1, 0.15) is 0 Å². The Bertz CT molecular complexity index is 866. The average molecular weight is 354 g/mol. The number of anilines is 1. The molecule has 0 aliphatic heterocycles. The van der Waals surface area contributed by atoms with Gasteiger partial charge in [0.2, 0.25) is 5.76 Å². The molecule has 0 saturated carbocycles. The number of rotatable bonds is 7. The van der Waals surface area contributed by atoms with Gasteiger partial charge in [0.15, 0.2) is 11.5 Å². The highest BCUT2D eigenvalue weighted by Crippen LogP contribution is 2.21. The number of furan rings is 1. The quantitative estimate of drug-likeness (QED) is 0.506. The van der Waals surface area contributed by atoms with Crippen LogP contribution in [0.15, 0.2) is 57.7 Å². The van der Waals surface area contributed by atoms with Crippen LogP contribution in [0, 0.1) is 0 Å². The molecular formula is C19H18N2O5. The van der Waals surface area contributed by atoms with Crippen LogP contribution in [0.3, 0.4) is 0 Å². The third kappa shape index (κ3) is 4.18. The normalized spacial score (nSPS) is 10.5. The summed E-state index contributed by atoms with van der Waals surface area (Å²) in [6.07, 6.45) is 3.30. The summed E-state index contributed by atoms with van der Waals surface area (Å²) in [7, 11) is 0. The average Bonchev–Trinajstić information content (AvgIpc) is 3.34. The molecule has 0 fully saturated rings. The van der Waals surface area contributed by atoms with Gasteiger partial charge >= 0.3 is 5.97 Å². The molecule has 1 aromatic carbocycles. The zero-order valence-corrected chi connectivity index (χ0v) is 14.2. The van der Waals surface area contributed by atoms with Crippen LogP contribution in [-0.4, -0.2) is 23.6 Å². The SMILES string of the molecule is CCCCOC(=O)c1ccc(NC(=O)c2cc(-c3ccco3)on2)cc1. The van der Waals surface area contributed by atoms with Crippen LogP contribution < -0.4 is 5.32 Å². The summed E-state index contributed by atoms with van der Waals surface area (Å²) in [5.74, 6) is 0.0496. The Morgan fingerprint density at radius 2 is 1.96 bits per heavy atom. The Morgan fingerprint density at radius 3 is 2.65 bits per heavy atom. The molecule has 1 amide bonds. The number of nitrogens with zero attached hydrogens (tertiary/aromatic N) is 1. The van der Waals surface area contributed by atoms with Gasteiger partial charge in [-0.15, -0.1) is 0 Å². The largest absolute Gasteiger partial charge is 0.462 e. The van der Waals surface area contributed by atoms with Crippen molar-refractivity contribution in [3.63, 3.8) is 0 Å². The van der Waals surface area contributed by atoms with E-state index in [4.69, 9.17) is 13.7 Å². The lowest BCUT2D eigenvalue weighted by Gasteiger charge is -2.06. The number of ether oxygens (including phenoxy) is 1. The fourth-order valence-electron chi connectivity index (χ4n) is 2.19. The van der Waals surface area contributed by atoms with E-state index in [0.717, 1.165) is 12.8 Å². The second-order valence-electron chi connectivity index (χ2n) is 5.57. The van der Waals surface area contributed by atoms with Crippen molar-refractivity contribution in [1.82, 2.24) is 5.16 Å². The lowest BCUT2D eigenvalue weighted by molar-refractivity contribution is 0.0499. The Balaban J connectivity index is 1.60. The maximum absolute atomic E-state index is 12.2. The molecule has 0 aliphatic rings. The molecule has 7 nitrogen and oxygen atoms in total. The van der Waals surface area contributed by atoms with Crippen LogP contribution in [0.4, 0.5) is 5.69 Å². The number of aromatic nitrogens is 1. The van der Waals surface area contributed by atoms with E-state index in [1.807, 2.05) is 6.92 Å². The molecule has 134 valence electrons. The molecule has 0 spiro atoms. The van der Waals surface area contributed by atoms with Crippen LogP contribution >= 0.6 is 0 Å². The molecule has 3 rings (SSSR count). The number of esters is 1. The number of carbonyl (C=O) groups excluding carboxylic acids is 2. The molecule has 2 heterocycles. The minimum atomic E-state index is -0.426. The number of carbonyl (C=O) groups is 2. The first-order valence-corrected chi connectivity index (χ1v) is 8.26. The van der Waals surface area contributed by atoms with E-state index in [1.54, 1.807) is 36.4 Å². The zero-order chi connectivity index (χ0) is 18.4. The van der Waals surface area contributed by atoms with Gasteiger partial charge in [-0.2, -0.15) is 0 Å². The maximum Gasteiger partial charge on any atom is 0.338 e. The van der Waals surface area contributed by atoms with E-state index in [2.05, 4.69) is 10.5 Å². The Hall–Kier alpha value is -3.35. The predicted octanol–water partition coefficient (Wildman–Crippen LogP) is 4.14. The highest BCUT2D eigenvalue weighted by atomic mass is 16.5. The van der Waals surface area contributed by atoms with Gasteiger partial charge in [-0.3, -0.25) is 4.79 Å². The topological polar surface area (TPSA) is 94.6 Å². The van der Waals surface area contributed by atoms with Crippen molar-refractivity contribution >= 4 is 17.6 Å². The summed E-state index contributed by atoms with van der Waals surface area (Å²) < 4.78 is 15.4. The van der Waals surface area contributed by atoms with E-state index in [9.17, 15) is 9.59 Å². The Labute approximate surface area is 149 Å². The van der Waals surface area contributed by atoms with Crippen molar-refractivity contribution in [1.29, 1.82) is 0 Å². The molecule has 3 aromatic rings. The number of hydrogen-bond donors (Lipinski definition) is 1. The van der Waals surface area contributed by atoms with Crippen LogP contribution in [0.1, 0.15) is 40.6 Å². The van der Waals surface area contributed by atoms with Gasteiger partial charge in [-0.05, 0) is 42.8 Å². The second-order valence-corrected chi connectivity index (χ2v) is 5.57. The first kappa shape index (κ1) is 17.5. The first-order valence-electron chi connectivity index (χ1n) is 8.26. The fourth-order valence-corrected chi connectivity index (χ4v) is 2.19. The van der Waals surface area contributed by atoms with Gasteiger partial charge in [0.05, 0.1) is 18.4 Å². The summed E-state index contributed by atoms with van der Waals surface area (Å²) in [5.41, 5.74) is 1.09. The van der Waals surface area contributed by atoms with Crippen molar-refractivity contribution < 1.29 is 23.3 Å². The predicted molar refractivity (Wildman–Crippen MR) is 93.8 cm³/mol. The molecule has 0 bridgehead atoms. The number of unbranched alkanes of at least 4 members (excludes halogenated alkanes) is 1. The van der Waals surface area contributed by atoms with Crippen molar-refractivity contribution in [3.05, 3.63) is 60.0 Å². The Kier molecular flexibility index (Phi) is 5.48. The van der Waals surface area contributed by atoms with Gasteiger partial charge in [-0.1, -0.05) is 18.5 Å². The van der Waals surface area contributed by atoms with E-state index in [-0.39, 0.29) is 11.7 Å². The minimum absolute atomic E-state index is 0.124. The highest BCUT2D eigenvalue weighted by Gasteiger charge is 2.15. The van der Waals surface area contributed by atoms with Gasteiger partial charge < -0.3 is 19.0 Å². The van der Waals surface area contributed by atoms with Crippen LogP contribution in [0.2, 0.25) is 0 Å². The van der Waals surface area contributed by atoms with Gasteiger partial charge in [0.25, 0.3) is 5.91 Å². The molecule has 0 atom stereocenters. The molecule has 7 heteroatoms. The van der Waals surface area contributed by atoms with E-state index < -0.39 is 5.91 Å². The summed E-state index contributed by atoms with van der Waals surface area (Å²) >= 11 is 0. The third-order valence-corrected chi connectivity index (χ3v) is 3.62. The summed E-state index contributed by atoms with van der Waals surface area (Å²) in [6.45, 7) is 2.43. The van der Waals surface area contributed by atoms with Crippen LogP contribution in [-0.2, 0) is 4.74 Å². The Morgan fingerprint density at radius 1 is 1.15 bits per heavy atom. The monoisotopic (exact) mass is 354 g/mol. The second kappa shape index (κ2) is 8.15. The van der Waals surface area contributed by atoms with Crippen molar-refractivity contribution in [3.8, 4) is 11.5 Å². The van der Waals surface area contributed by atoms with E-state index in [1.165, 1.54) is 12.3 Å². The van der Waals surface area contributed by atoms with Crippen molar-refractivity contribution in [2.45, 2.75) is 19.8 Å². The molecule has 0 aliphatic carbocycles. The molecule has 26 heavy (non-hydrogen) atoms. The smallest absolute Gasteiger partial charge is 0.338 e. The lowest BCUT2D eigenvalue weighted by Crippen LogP contribution is -2.12. The van der Waals surface area contributed by atoms with E-state index in [0.29, 0.717) is 29.4 Å².